The van der Waals surface area contributed by atoms with Crippen LogP contribution in [0.1, 0.15) is 11.9 Å². The maximum atomic E-state index is 5.76. The fourth-order valence-corrected chi connectivity index (χ4v) is 2.74. The molecular weight excluding hydrogens is 331 g/mol. The maximum absolute atomic E-state index is 5.76. The van der Waals surface area contributed by atoms with Crippen molar-refractivity contribution in [3.63, 3.8) is 0 Å². The van der Waals surface area contributed by atoms with Gasteiger partial charge >= 0.3 is 0 Å². The molecule has 84 valence electrons. The number of halogens is 1. The first-order valence-corrected chi connectivity index (χ1v) is 7.07. The summed E-state index contributed by atoms with van der Waals surface area (Å²) in [6.45, 7) is 2.01. The molecule has 0 amide bonds. The summed E-state index contributed by atoms with van der Waals surface area (Å²) >= 11 is 3.99. The van der Waals surface area contributed by atoms with E-state index in [0.29, 0.717) is 0 Å². The van der Waals surface area contributed by atoms with E-state index in [1.165, 1.54) is 9.13 Å². The summed E-state index contributed by atoms with van der Waals surface area (Å²) in [6.07, 6.45) is 0.856. The van der Waals surface area contributed by atoms with Crippen molar-refractivity contribution in [3.05, 3.63) is 38.2 Å². The minimum atomic E-state index is 0.177. The topological polar surface area (TPSA) is 38.9 Å². The molecule has 1 atom stereocenters. The molecule has 2 rings (SSSR count). The Morgan fingerprint density at radius 1 is 1.38 bits per heavy atom. The molecule has 0 aliphatic carbocycles. The van der Waals surface area contributed by atoms with Crippen molar-refractivity contribution >= 4 is 33.9 Å². The molecule has 1 aromatic heterocycles. The van der Waals surface area contributed by atoms with Gasteiger partial charge in [-0.2, -0.15) is 0 Å². The lowest BCUT2D eigenvalue weighted by molar-refractivity contribution is 0.734. The molecule has 2 aromatic rings. The third-order valence-corrected chi connectivity index (χ3v) is 3.78. The van der Waals surface area contributed by atoms with Crippen LogP contribution in [0, 0.1) is 3.57 Å². The van der Waals surface area contributed by atoms with E-state index in [1.807, 2.05) is 6.92 Å². The predicted molar refractivity (Wildman–Crippen MR) is 77.6 cm³/mol. The molecule has 1 unspecified atom stereocenters. The zero-order valence-corrected chi connectivity index (χ0v) is 12.0. The van der Waals surface area contributed by atoms with E-state index >= 15 is 0 Å². The van der Waals surface area contributed by atoms with Gasteiger partial charge in [0.15, 0.2) is 0 Å². The molecule has 4 heteroatoms. The van der Waals surface area contributed by atoms with Gasteiger partial charge in [-0.3, -0.25) is 0 Å². The van der Waals surface area contributed by atoms with Gasteiger partial charge in [0.05, 0.1) is 10.7 Å². The van der Waals surface area contributed by atoms with Crippen molar-refractivity contribution in [2.24, 2.45) is 5.73 Å². The number of nitrogens with two attached hydrogens (primary N) is 1. The van der Waals surface area contributed by atoms with E-state index in [1.54, 1.807) is 11.3 Å². The SMILES string of the molecule is CC(N)Cc1nc(-c2ccc(I)cc2)cs1. The number of nitrogens with zero attached hydrogens (tertiary/aromatic N) is 1. The summed E-state index contributed by atoms with van der Waals surface area (Å²) in [7, 11) is 0. The minimum absolute atomic E-state index is 0.177. The molecule has 0 aliphatic heterocycles. The van der Waals surface area contributed by atoms with Gasteiger partial charge in [-0.05, 0) is 41.6 Å². The maximum Gasteiger partial charge on any atom is 0.0947 e. The summed E-state index contributed by atoms with van der Waals surface area (Å²) in [4.78, 5) is 4.59. The molecule has 1 aromatic carbocycles. The minimum Gasteiger partial charge on any atom is -0.328 e. The van der Waals surface area contributed by atoms with Gasteiger partial charge in [0.1, 0.15) is 0 Å². The standard InChI is InChI=1S/C12H13IN2S/c1-8(14)6-12-15-11(7-16-12)9-2-4-10(13)5-3-9/h2-5,7-8H,6,14H2,1H3. The Morgan fingerprint density at radius 2 is 2.06 bits per heavy atom. The first-order valence-electron chi connectivity index (χ1n) is 5.11. The van der Waals surface area contributed by atoms with Crippen LogP contribution in [0.5, 0.6) is 0 Å². The Bertz CT molecular complexity index is 462. The van der Waals surface area contributed by atoms with Gasteiger partial charge in [0.25, 0.3) is 0 Å². The molecule has 0 saturated carbocycles. The summed E-state index contributed by atoms with van der Waals surface area (Å²) in [6, 6.07) is 8.58. The summed E-state index contributed by atoms with van der Waals surface area (Å²) in [5.74, 6) is 0. The molecule has 1 heterocycles. The van der Waals surface area contributed by atoms with E-state index in [0.717, 1.165) is 17.1 Å². The second-order valence-electron chi connectivity index (χ2n) is 3.81. The van der Waals surface area contributed by atoms with Crippen LogP contribution in [0.15, 0.2) is 29.6 Å². The third kappa shape index (κ3) is 3.02. The van der Waals surface area contributed by atoms with Crippen molar-refractivity contribution in [3.8, 4) is 11.3 Å². The van der Waals surface area contributed by atoms with E-state index in [9.17, 15) is 0 Å². The van der Waals surface area contributed by atoms with Crippen molar-refractivity contribution in [1.82, 2.24) is 4.98 Å². The Balaban J connectivity index is 2.21. The molecule has 0 bridgehead atoms. The Kier molecular flexibility index (Phi) is 3.94. The average Bonchev–Trinajstić information content (AvgIpc) is 2.66. The highest BCUT2D eigenvalue weighted by molar-refractivity contribution is 14.1. The summed E-state index contributed by atoms with van der Waals surface area (Å²) < 4.78 is 1.24. The predicted octanol–water partition coefficient (Wildman–Crippen LogP) is 3.30. The highest BCUT2D eigenvalue weighted by Gasteiger charge is 2.06. The van der Waals surface area contributed by atoms with Gasteiger partial charge in [-0.15, -0.1) is 11.3 Å². The normalized spacial score (nSPS) is 12.7. The largest absolute Gasteiger partial charge is 0.328 e. The van der Waals surface area contributed by atoms with Crippen LogP contribution in [0.2, 0.25) is 0 Å². The van der Waals surface area contributed by atoms with Crippen LogP contribution >= 0.6 is 33.9 Å². The van der Waals surface area contributed by atoms with E-state index in [4.69, 9.17) is 5.73 Å². The first kappa shape index (κ1) is 12.0. The highest BCUT2D eigenvalue weighted by Crippen LogP contribution is 2.23. The smallest absolute Gasteiger partial charge is 0.0947 e. The third-order valence-electron chi connectivity index (χ3n) is 2.19. The van der Waals surface area contributed by atoms with Gasteiger partial charge in [0.2, 0.25) is 0 Å². The molecule has 0 spiro atoms. The fourth-order valence-electron chi connectivity index (χ4n) is 1.43. The van der Waals surface area contributed by atoms with Crippen molar-refractivity contribution in [2.45, 2.75) is 19.4 Å². The number of hydrogen-bond donors (Lipinski definition) is 1. The van der Waals surface area contributed by atoms with E-state index in [-0.39, 0.29) is 6.04 Å². The Labute approximate surface area is 113 Å². The monoisotopic (exact) mass is 344 g/mol. The fraction of sp³-hybridized carbons (Fsp3) is 0.250. The zero-order valence-electron chi connectivity index (χ0n) is 8.98. The molecule has 0 aliphatic rings. The zero-order chi connectivity index (χ0) is 11.5. The van der Waals surface area contributed by atoms with Gasteiger partial charge in [-0.1, -0.05) is 12.1 Å². The second-order valence-corrected chi connectivity index (χ2v) is 6.00. The van der Waals surface area contributed by atoms with Gasteiger partial charge in [-0.25, -0.2) is 4.98 Å². The lowest BCUT2D eigenvalue weighted by Gasteiger charge is -1.99. The molecule has 2 nitrogen and oxygen atoms in total. The Morgan fingerprint density at radius 3 is 2.69 bits per heavy atom. The summed E-state index contributed by atoms with van der Waals surface area (Å²) in [5.41, 5.74) is 7.98. The number of thiazole rings is 1. The van der Waals surface area contributed by atoms with Crippen molar-refractivity contribution in [2.75, 3.05) is 0 Å². The van der Waals surface area contributed by atoms with Crippen LogP contribution in [0.4, 0.5) is 0 Å². The molecular formula is C12H13IN2S. The van der Waals surface area contributed by atoms with Crippen molar-refractivity contribution in [1.29, 1.82) is 0 Å². The van der Waals surface area contributed by atoms with Crippen LogP contribution in [0.25, 0.3) is 11.3 Å². The number of rotatable bonds is 3. The molecule has 0 saturated heterocycles. The number of benzene rings is 1. The second kappa shape index (κ2) is 5.25. The lowest BCUT2D eigenvalue weighted by Crippen LogP contribution is -2.17. The van der Waals surface area contributed by atoms with Gasteiger partial charge in [0, 0.05) is 27.0 Å². The van der Waals surface area contributed by atoms with Gasteiger partial charge < -0.3 is 5.73 Å². The summed E-state index contributed by atoms with van der Waals surface area (Å²) in [5, 5.41) is 3.21. The van der Waals surface area contributed by atoms with E-state index < -0.39 is 0 Å². The van der Waals surface area contributed by atoms with Crippen molar-refractivity contribution < 1.29 is 0 Å². The molecule has 0 fully saturated rings. The van der Waals surface area contributed by atoms with Crippen LogP contribution in [0.3, 0.4) is 0 Å². The molecule has 16 heavy (non-hydrogen) atoms. The van der Waals surface area contributed by atoms with Crippen LogP contribution in [-0.2, 0) is 6.42 Å². The quantitative estimate of drug-likeness (QED) is 0.868. The highest BCUT2D eigenvalue weighted by atomic mass is 127. The van der Waals surface area contributed by atoms with Crippen LogP contribution in [-0.4, -0.2) is 11.0 Å². The molecule has 0 radical (unpaired) electrons. The number of aromatic nitrogens is 1. The average molecular weight is 344 g/mol. The van der Waals surface area contributed by atoms with Crippen LogP contribution < -0.4 is 5.73 Å². The number of hydrogen-bond acceptors (Lipinski definition) is 3. The first-order chi connectivity index (χ1) is 7.65. The van der Waals surface area contributed by atoms with E-state index in [2.05, 4.69) is 57.2 Å². The lowest BCUT2D eigenvalue weighted by atomic mass is 10.2. The molecule has 2 N–H and O–H groups in total. The Hall–Kier alpha value is -0.460.